The number of hydrogen-bond donors (Lipinski definition) is 0. The predicted octanol–water partition coefficient (Wildman–Crippen LogP) is 1.43. The number of rotatable bonds is 2. The molecule has 0 aromatic heterocycles. The van der Waals surface area contributed by atoms with Crippen LogP contribution in [0.5, 0.6) is 0 Å². The van der Waals surface area contributed by atoms with Crippen LogP contribution in [0.4, 0.5) is 0 Å². The summed E-state index contributed by atoms with van der Waals surface area (Å²) in [5, 5.41) is 0. The number of carbonyl (C=O) groups excluding carboxylic acids is 1. The van der Waals surface area contributed by atoms with Crippen molar-refractivity contribution in [3.05, 3.63) is 24.3 Å². The van der Waals surface area contributed by atoms with Gasteiger partial charge in [0.1, 0.15) is 6.10 Å². The molecule has 0 N–H and O–H groups in total. The summed E-state index contributed by atoms with van der Waals surface area (Å²) in [6.07, 6.45) is 4.14. The molecule has 1 rings (SSSR count). The molecule has 10 heavy (non-hydrogen) atoms. The third-order valence-electron chi connectivity index (χ3n) is 1.48. The van der Waals surface area contributed by atoms with Gasteiger partial charge in [0.2, 0.25) is 0 Å². The van der Waals surface area contributed by atoms with E-state index in [4.69, 9.17) is 4.74 Å². The molecular formula is C8H10O2. The molecule has 0 aromatic rings. The highest BCUT2D eigenvalue weighted by Crippen LogP contribution is 2.15. The van der Waals surface area contributed by atoms with Crippen molar-refractivity contribution in [3.8, 4) is 0 Å². The Balaban J connectivity index is 2.71. The van der Waals surface area contributed by atoms with Crippen LogP contribution in [-0.4, -0.2) is 12.1 Å². The van der Waals surface area contributed by atoms with Gasteiger partial charge >= 0.3 is 5.97 Å². The minimum absolute atomic E-state index is 0.0273. The van der Waals surface area contributed by atoms with Gasteiger partial charge in [-0.15, -0.1) is 0 Å². The molecule has 0 spiro atoms. The molecule has 0 bridgehead atoms. The van der Waals surface area contributed by atoms with Gasteiger partial charge in [0.05, 0.1) is 5.57 Å². The number of ether oxygens (including phenoxy) is 1. The van der Waals surface area contributed by atoms with Gasteiger partial charge in [-0.1, -0.05) is 19.6 Å². The molecule has 0 saturated heterocycles. The Morgan fingerprint density at radius 1 is 1.90 bits per heavy atom. The average Bonchev–Trinajstić information content (AvgIpc) is 2.30. The van der Waals surface area contributed by atoms with E-state index in [2.05, 4.69) is 6.58 Å². The topological polar surface area (TPSA) is 26.3 Å². The Morgan fingerprint density at radius 3 is 2.90 bits per heavy atom. The SMILES string of the molecule is C=CC1=C[C@@H](CC)OC1=O. The quantitative estimate of drug-likeness (QED) is 0.539. The maximum Gasteiger partial charge on any atom is 0.338 e. The van der Waals surface area contributed by atoms with Gasteiger partial charge in [0.15, 0.2) is 0 Å². The van der Waals surface area contributed by atoms with E-state index in [-0.39, 0.29) is 12.1 Å². The van der Waals surface area contributed by atoms with Crippen LogP contribution in [0, 0.1) is 0 Å². The van der Waals surface area contributed by atoms with E-state index >= 15 is 0 Å². The lowest BCUT2D eigenvalue weighted by Crippen LogP contribution is -2.05. The first-order valence-corrected chi connectivity index (χ1v) is 3.33. The van der Waals surface area contributed by atoms with Crippen LogP contribution in [0.25, 0.3) is 0 Å². The first-order valence-electron chi connectivity index (χ1n) is 3.33. The highest BCUT2D eigenvalue weighted by atomic mass is 16.5. The van der Waals surface area contributed by atoms with Crippen molar-refractivity contribution >= 4 is 5.97 Å². The minimum atomic E-state index is -0.248. The molecule has 0 radical (unpaired) electrons. The summed E-state index contributed by atoms with van der Waals surface area (Å²) < 4.78 is 4.91. The smallest absolute Gasteiger partial charge is 0.338 e. The van der Waals surface area contributed by atoms with Gasteiger partial charge in [0, 0.05) is 0 Å². The van der Waals surface area contributed by atoms with Crippen LogP contribution in [-0.2, 0) is 9.53 Å². The average molecular weight is 138 g/mol. The maximum atomic E-state index is 10.8. The second-order valence-electron chi connectivity index (χ2n) is 2.18. The molecule has 0 unspecified atom stereocenters. The Kier molecular flexibility index (Phi) is 1.90. The molecule has 2 nitrogen and oxygen atoms in total. The van der Waals surface area contributed by atoms with Crippen molar-refractivity contribution < 1.29 is 9.53 Å². The minimum Gasteiger partial charge on any atom is -0.455 e. The monoisotopic (exact) mass is 138 g/mol. The van der Waals surface area contributed by atoms with E-state index < -0.39 is 0 Å². The van der Waals surface area contributed by atoms with E-state index in [1.807, 2.05) is 6.92 Å². The summed E-state index contributed by atoms with van der Waals surface area (Å²) in [7, 11) is 0. The molecule has 0 fully saturated rings. The van der Waals surface area contributed by atoms with Crippen molar-refractivity contribution in [1.29, 1.82) is 0 Å². The lowest BCUT2D eigenvalue weighted by atomic mass is 10.2. The summed E-state index contributed by atoms with van der Waals surface area (Å²) in [5.74, 6) is -0.248. The molecule has 0 aromatic carbocycles. The lowest BCUT2D eigenvalue weighted by Gasteiger charge is -2.01. The van der Waals surface area contributed by atoms with Gasteiger partial charge < -0.3 is 4.74 Å². The van der Waals surface area contributed by atoms with E-state index in [0.29, 0.717) is 5.57 Å². The van der Waals surface area contributed by atoms with Crippen molar-refractivity contribution in [3.63, 3.8) is 0 Å². The summed E-state index contributed by atoms with van der Waals surface area (Å²) in [4.78, 5) is 10.8. The van der Waals surface area contributed by atoms with Gasteiger partial charge in [0.25, 0.3) is 0 Å². The first-order chi connectivity index (χ1) is 4.77. The zero-order chi connectivity index (χ0) is 7.56. The molecule has 1 aliphatic heterocycles. The Bertz CT molecular complexity index is 191. The van der Waals surface area contributed by atoms with Crippen LogP contribution >= 0.6 is 0 Å². The fourth-order valence-corrected chi connectivity index (χ4v) is 0.860. The van der Waals surface area contributed by atoms with E-state index in [9.17, 15) is 4.79 Å². The van der Waals surface area contributed by atoms with Crippen LogP contribution in [0.15, 0.2) is 24.3 Å². The molecule has 1 atom stereocenters. The second kappa shape index (κ2) is 2.69. The van der Waals surface area contributed by atoms with Crippen molar-refractivity contribution in [1.82, 2.24) is 0 Å². The van der Waals surface area contributed by atoms with E-state index in [0.717, 1.165) is 6.42 Å². The molecule has 1 aliphatic rings. The molecular weight excluding hydrogens is 128 g/mol. The zero-order valence-electron chi connectivity index (χ0n) is 5.96. The Hall–Kier alpha value is -1.05. The van der Waals surface area contributed by atoms with E-state index in [1.54, 1.807) is 6.08 Å². The van der Waals surface area contributed by atoms with Crippen LogP contribution in [0.3, 0.4) is 0 Å². The van der Waals surface area contributed by atoms with Crippen molar-refractivity contribution in [2.75, 3.05) is 0 Å². The predicted molar refractivity (Wildman–Crippen MR) is 38.5 cm³/mol. The highest BCUT2D eigenvalue weighted by Gasteiger charge is 2.20. The molecule has 0 aliphatic carbocycles. The van der Waals surface area contributed by atoms with Crippen molar-refractivity contribution in [2.45, 2.75) is 19.4 Å². The lowest BCUT2D eigenvalue weighted by molar-refractivity contribution is -0.139. The van der Waals surface area contributed by atoms with Gasteiger partial charge in [-0.3, -0.25) is 0 Å². The number of carbonyl (C=O) groups is 1. The third-order valence-corrected chi connectivity index (χ3v) is 1.48. The van der Waals surface area contributed by atoms with Crippen LogP contribution < -0.4 is 0 Å². The van der Waals surface area contributed by atoms with Gasteiger partial charge in [-0.25, -0.2) is 4.79 Å². The second-order valence-corrected chi connectivity index (χ2v) is 2.18. The summed E-state index contributed by atoms with van der Waals surface area (Å²) in [5.41, 5.74) is 0.590. The molecule has 1 heterocycles. The standard InChI is InChI=1S/C8H10O2/c1-3-6-5-7(4-2)10-8(6)9/h3,5,7H,1,4H2,2H3/t7-/m1/s1. The summed E-state index contributed by atoms with van der Waals surface area (Å²) >= 11 is 0. The summed E-state index contributed by atoms with van der Waals surface area (Å²) in [6.45, 7) is 5.47. The molecule has 0 amide bonds. The largest absolute Gasteiger partial charge is 0.455 e. The van der Waals surface area contributed by atoms with Gasteiger partial charge in [-0.05, 0) is 12.5 Å². The first kappa shape index (κ1) is 7.06. The highest BCUT2D eigenvalue weighted by molar-refractivity contribution is 5.93. The van der Waals surface area contributed by atoms with Crippen molar-refractivity contribution in [2.24, 2.45) is 0 Å². The number of hydrogen-bond acceptors (Lipinski definition) is 2. The van der Waals surface area contributed by atoms with Crippen LogP contribution in [0.1, 0.15) is 13.3 Å². The van der Waals surface area contributed by atoms with Crippen LogP contribution in [0.2, 0.25) is 0 Å². The molecule has 0 saturated carbocycles. The third kappa shape index (κ3) is 1.10. The zero-order valence-corrected chi connectivity index (χ0v) is 5.96. The molecule has 2 heteroatoms. The number of cyclic esters (lactones) is 1. The Labute approximate surface area is 60.2 Å². The van der Waals surface area contributed by atoms with E-state index in [1.165, 1.54) is 6.08 Å². The molecule has 54 valence electrons. The maximum absolute atomic E-state index is 10.8. The number of esters is 1. The normalized spacial score (nSPS) is 23.9. The summed E-state index contributed by atoms with van der Waals surface area (Å²) in [6, 6.07) is 0. The Morgan fingerprint density at radius 2 is 2.60 bits per heavy atom. The van der Waals surface area contributed by atoms with Gasteiger partial charge in [-0.2, -0.15) is 0 Å². The fraction of sp³-hybridized carbons (Fsp3) is 0.375. The fourth-order valence-electron chi connectivity index (χ4n) is 0.860.